The van der Waals surface area contributed by atoms with Crippen LogP contribution in [-0.4, -0.2) is 42.6 Å². The molecule has 0 heterocycles. The lowest BCUT2D eigenvalue weighted by atomic mass is 10.0. The highest BCUT2D eigenvalue weighted by atomic mass is 35.5. The number of hydrogen-bond donors (Lipinski definition) is 1. The van der Waals surface area contributed by atoms with Gasteiger partial charge in [0.25, 0.3) is 0 Å². The predicted octanol–water partition coefficient (Wildman–Crippen LogP) is 5.87. The minimum absolute atomic E-state index is 0.0146. The minimum Gasteiger partial charge on any atom is -0.497 e. The molecule has 0 radical (unpaired) electrons. The quantitative estimate of drug-likeness (QED) is 0.118. The molecular formula is C31H31ClO9. The van der Waals surface area contributed by atoms with Gasteiger partial charge in [0, 0.05) is 18.4 Å². The molecule has 0 aliphatic carbocycles. The number of ketones is 3. The van der Waals surface area contributed by atoms with Crippen molar-refractivity contribution in [1.82, 2.24) is 0 Å². The number of aliphatic carboxylic acids is 1. The Labute approximate surface area is 242 Å². The molecule has 0 unspecified atom stereocenters. The number of carbonyl (C=O) groups is 4. The number of unbranched alkanes of at least 4 members (excludes halogenated alkanes) is 2. The number of ether oxygens (including phenoxy) is 4. The number of Topliss-reactive ketones (excluding diaryl/α,β-unsaturated/α-hetero) is 3. The third kappa shape index (κ3) is 9.08. The molecule has 41 heavy (non-hydrogen) atoms. The number of carbonyl (C=O) groups excluding carboxylic acids is 3. The SMILES string of the molecule is COc1ccc(COc2ccc(C(=O)C(=O)CCCCCC(=O)C(=O)O)c(Cl)c2OCc2ccc(OC)cc2)cc1. The van der Waals surface area contributed by atoms with Gasteiger partial charge < -0.3 is 24.1 Å². The van der Waals surface area contributed by atoms with Crippen molar-refractivity contribution in [1.29, 1.82) is 0 Å². The van der Waals surface area contributed by atoms with E-state index in [1.165, 1.54) is 12.1 Å². The van der Waals surface area contributed by atoms with Gasteiger partial charge in [-0.05, 0) is 60.4 Å². The number of hydrogen-bond acceptors (Lipinski definition) is 8. The molecule has 0 saturated heterocycles. The molecule has 10 heteroatoms. The second-order valence-electron chi connectivity index (χ2n) is 9.07. The van der Waals surface area contributed by atoms with E-state index in [9.17, 15) is 19.2 Å². The number of methoxy groups -OCH3 is 2. The van der Waals surface area contributed by atoms with Gasteiger partial charge in [-0.15, -0.1) is 0 Å². The Morgan fingerprint density at radius 2 is 1.20 bits per heavy atom. The maximum atomic E-state index is 13.0. The van der Waals surface area contributed by atoms with Gasteiger partial charge in [-0.2, -0.15) is 0 Å². The highest BCUT2D eigenvalue weighted by Gasteiger charge is 2.24. The molecule has 3 aromatic carbocycles. The molecule has 3 rings (SSSR count). The highest BCUT2D eigenvalue weighted by molar-refractivity contribution is 6.48. The zero-order chi connectivity index (χ0) is 29.8. The molecule has 1 N–H and O–H groups in total. The van der Waals surface area contributed by atoms with E-state index in [0.29, 0.717) is 36.5 Å². The van der Waals surface area contributed by atoms with E-state index in [2.05, 4.69) is 0 Å². The van der Waals surface area contributed by atoms with Gasteiger partial charge in [-0.1, -0.05) is 42.3 Å². The smallest absolute Gasteiger partial charge is 0.372 e. The van der Waals surface area contributed by atoms with Crippen molar-refractivity contribution in [2.24, 2.45) is 0 Å². The highest BCUT2D eigenvalue weighted by Crippen LogP contribution is 2.39. The number of benzene rings is 3. The first-order chi connectivity index (χ1) is 19.7. The standard InChI is InChI=1S/C31H31ClO9/c1-38-22-12-8-20(9-13-22)18-40-27-17-16-24(29(35)25(33)6-4-3-5-7-26(34)31(36)37)28(32)30(27)41-19-21-10-14-23(39-2)15-11-21/h8-17H,3-7,18-19H2,1-2H3,(H,36,37). The van der Waals surface area contributed by atoms with Crippen LogP contribution in [0.1, 0.15) is 53.6 Å². The van der Waals surface area contributed by atoms with Crippen LogP contribution < -0.4 is 18.9 Å². The van der Waals surface area contributed by atoms with E-state index >= 15 is 0 Å². The molecule has 0 saturated carbocycles. The van der Waals surface area contributed by atoms with E-state index in [-0.39, 0.29) is 42.4 Å². The van der Waals surface area contributed by atoms with Crippen LogP contribution in [0.4, 0.5) is 0 Å². The normalized spacial score (nSPS) is 10.5. The number of carboxylic acids is 1. The molecule has 0 fully saturated rings. The molecule has 0 aliphatic rings. The largest absolute Gasteiger partial charge is 0.497 e. The van der Waals surface area contributed by atoms with Gasteiger partial charge in [0.1, 0.15) is 24.7 Å². The first-order valence-electron chi connectivity index (χ1n) is 12.9. The Morgan fingerprint density at radius 3 is 1.71 bits per heavy atom. The Kier molecular flexibility index (Phi) is 11.7. The third-order valence-electron chi connectivity index (χ3n) is 6.20. The lowest BCUT2D eigenvalue weighted by molar-refractivity contribution is -0.149. The van der Waals surface area contributed by atoms with Crippen LogP contribution in [0.15, 0.2) is 60.7 Å². The van der Waals surface area contributed by atoms with E-state index in [1.807, 2.05) is 36.4 Å². The molecule has 9 nitrogen and oxygen atoms in total. The lowest BCUT2D eigenvalue weighted by Crippen LogP contribution is -2.15. The fraction of sp³-hybridized carbons (Fsp3) is 0.290. The van der Waals surface area contributed by atoms with Crippen molar-refractivity contribution in [2.75, 3.05) is 14.2 Å². The fourth-order valence-electron chi connectivity index (χ4n) is 3.84. The van der Waals surface area contributed by atoms with E-state index < -0.39 is 23.3 Å². The molecule has 0 spiro atoms. The van der Waals surface area contributed by atoms with E-state index in [1.54, 1.807) is 26.4 Å². The van der Waals surface area contributed by atoms with Gasteiger partial charge in [0.2, 0.25) is 17.3 Å². The van der Waals surface area contributed by atoms with Gasteiger partial charge >= 0.3 is 5.97 Å². The van der Waals surface area contributed by atoms with Crippen LogP contribution in [-0.2, 0) is 27.6 Å². The Morgan fingerprint density at radius 1 is 0.683 bits per heavy atom. The average molecular weight is 583 g/mol. The first kappa shape index (κ1) is 31.2. The van der Waals surface area contributed by atoms with Crippen molar-refractivity contribution in [2.45, 2.75) is 45.3 Å². The summed E-state index contributed by atoms with van der Waals surface area (Å²) in [6.07, 6.45) is 0.903. The van der Waals surface area contributed by atoms with Gasteiger partial charge in [0.05, 0.1) is 19.2 Å². The van der Waals surface area contributed by atoms with Gasteiger partial charge in [-0.25, -0.2) is 4.79 Å². The molecule has 0 aliphatic heterocycles. The average Bonchev–Trinajstić information content (AvgIpc) is 2.99. The summed E-state index contributed by atoms with van der Waals surface area (Å²) >= 11 is 6.63. The summed E-state index contributed by atoms with van der Waals surface area (Å²) in [5, 5.41) is 8.59. The Hall–Kier alpha value is -4.37. The summed E-state index contributed by atoms with van der Waals surface area (Å²) in [7, 11) is 3.15. The van der Waals surface area contributed by atoms with Crippen molar-refractivity contribution in [3.63, 3.8) is 0 Å². The summed E-state index contributed by atoms with van der Waals surface area (Å²) in [6, 6.07) is 17.5. The third-order valence-corrected chi connectivity index (χ3v) is 6.58. The number of halogens is 1. The molecular weight excluding hydrogens is 552 g/mol. The maximum absolute atomic E-state index is 13.0. The van der Waals surface area contributed by atoms with E-state index in [0.717, 1.165) is 11.1 Å². The zero-order valence-corrected chi connectivity index (χ0v) is 23.6. The molecule has 3 aromatic rings. The van der Waals surface area contributed by atoms with Crippen LogP contribution in [0.5, 0.6) is 23.0 Å². The second kappa shape index (κ2) is 15.4. The summed E-state index contributed by atoms with van der Waals surface area (Å²) in [6.45, 7) is 0.305. The van der Waals surface area contributed by atoms with Crippen LogP contribution in [0, 0.1) is 0 Å². The van der Waals surface area contributed by atoms with Gasteiger partial charge in [-0.3, -0.25) is 14.4 Å². The minimum atomic E-state index is -1.48. The molecule has 0 bridgehead atoms. The lowest BCUT2D eigenvalue weighted by Gasteiger charge is -2.16. The number of rotatable bonds is 17. The topological polar surface area (TPSA) is 125 Å². The van der Waals surface area contributed by atoms with Crippen LogP contribution >= 0.6 is 11.6 Å². The monoisotopic (exact) mass is 582 g/mol. The maximum Gasteiger partial charge on any atom is 0.372 e. The molecule has 0 amide bonds. The summed E-state index contributed by atoms with van der Waals surface area (Å²) in [4.78, 5) is 47.4. The zero-order valence-electron chi connectivity index (χ0n) is 22.8. The van der Waals surface area contributed by atoms with Crippen LogP contribution in [0.25, 0.3) is 0 Å². The van der Waals surface area contributed by atoms with Crippen LogP contribution in [0.3, 0.4) is 0 Å². The number of carboxylic acid groups (broad SMARTS) is 1. The second-order valence-corrected chi connectivity index (χ2v) is 9.45. The summed E-state index contributed by atoms with van der Waals surface area (Å²) in [5.41, 5.74) is 1.67. The first-order valence-corrected chi connectivity index (χ1v) is 13.3. The van der Waals surface area contributed by atoms with E-state index in [4.69, 9.17) is 35.7 Å². The van der Waals surface area contributed by atoms with Crippen LogP contribution in [0.2, 0.25) is 5.02 Å². The van der Waals surface area contributed by atoms with Crippen molar-refractivity contribution in [3.8, 4) is 23.0 Å². The molecule has 216 valence electrons. The van der Waals surface area contributed by atoms with Crippen molar-refractivity contribution >= 4 is 34.9 Å². The van der Waals surface area contributed by atoms with Gasteiger partial charge in [0.15, 0.2) is 11.5 Å². The molecule has 0 aromatic heterocycles. The predicted molar refractivity (Wildman–Crippen MR) is 151 cm³/mol. The Balaban J connectivity index is 1.74. The molecule has 0 atom stereocenters. The van der Waals surface area contributed by atoms with Crippen molar-refractivity contribution in [3.05, 3.63) is 82.4 Å². The summed E-state index contributed by atoms with van der Waals surface area (Å²) in [5.74, 6) is -1.95. The summed E-state index contributed by atoms with van der Waals surface area (Å²) < 4.78 is 22.4. The Bertz CT molecular complexity index is 1370. The van der Waals surface area contributed by atoms with Crippen molar-refractivity contribution < 1.29 is 43.2 Å². The fourth-order valence-corrected chi connectivity index (χ4v) is 4.14.